The highest BCUT2D eigenvalue weighted by molar-refractivity contribution is 6.16. The average Bonchev–Trinajstić information content (AvgIpc) is 3.38. The third-order valence-corrected chi connectivity index (χ3v) is 6.91. The molecule has 9 nitrogen and oxygen atoms in total. The summed E-state index contributed by atoms with van der Waals surface area (Å²) >= 11 is 0. The van der Waals surface area contributed by atoms with E-state index in [2.05, 4.69) is 20.5 Å². The molecule has 2 aromatic carbocycles. The normalized spacial score (nSPS) is 19.4. The Morgan fingerprint density at radius 2 is 1.83 bits per heavy atom. The number of hydrogen-bond donors (Lipinski definition) is 1. The van der Waals surface area contributed by atoms with Gasteiger partial charge in [0.2, 0.25) is 0 Å². The highest BCUT2D eigenvalue weighted by Crippen LogP contribution is 2.36. The monoisotopic (exact) mass is 562 g/mol. The maximum atomic E-state index is 13.5. The number of rotatable bonds is 5. The number of alkyl halides is 3. The highest BCUT2D eigenvalue weighted by atomic mass is 19.4. The van der Waals surface area contributed by atoms with Crippen LogP contribution in [0.5, 0.6) is 0 Å². The summed E-state index contributed by atoms with van der Waals surface area (Å²) < 4.78 is 52.0. The van der Waals surface area contributed by atoms with Gasteiger partial charge in [0.1, 0.15) is 0 Å². The Hall–Kier alpha value is -4.58. The van der Waals surface area contributed by atoms with Crippen molar-refractivity contribution >= 4 is 23.2 Å². The molecule has 1 N–H and O–H groups in total. The number of morpholine rings is 1. The molecule has 2 aliphatic heterocycles. The number of benzene rings is 2. The molecule has 2 aliphatic rings. The summed E-state index contributed by atoms with van der Waals surface area (Å²) in [6, 6.07) is 18.0. The Kier molecular flexibility index (Phi) is 7.00. The molecule has 2 atom stereocenters. The van der Waals surface area contributed by atoms with Crippen LogP contribution in [0, 0.1) is 0 Å². The second-order valence-corrected chi connectivity index (χ2v) is 9.82. The van der Waals surface area contributed by atoms with Crippen molar-refractivity contribution < 1.29 is 27.1 Å². The molecule has 6 rings (SSSR count). The molecule has 4 heterocycles. The number of nitrogens with one attached hydrogen (secondary N) is 1. The number of Topliss-reactive ketones (excluding diaryl/α,β-unsaturated/α-hetero) is 1. The third-order valence-electron chi connectivity index (χ3n) is 6.91. The zero-order valence-corrected chi connectivity index (χ0v) is 21.9. The lowest BCUT2D eigenvalue weighted by Gasteiger charge is -2.33. The zero-order valence-electron chi connectivity index (χ0n) is 21.9. The van der Waals surface area contributed by atoms with Gasteiger partial charge >= 0.3 is 12.2 Å². The summed E-state index contributed by atoms with van der Waals surface area (Å²) in [5.74, 6) is -0.300. The predicted molar refractivity (Wildman–Crippen MR) is 145 cm³/mol. The Labute approximate surface area is 233 Å². The van der Waals surface area contributed by atoms with E-state index >= 15 is 0 Å². The van der Waals surface area contributed by atoms with Crippen LogP contribution in [0.4, 0.5) is 24.9 Å². The fourth-order valence-electron chi connectivity index (χ4n) is 4.94. The minimum absolute atomic E-state index is 0.0908. The molecule has 0 spiro atoms. The fraction of sp³-hybridized carbons (Fsp3) is 0.276. The largest absolute Gasteiger partial charge is 0.417 e. The lowest BCUT2D eigenvalue weighted by Crippen LogP contribution is -2.41. The number of fused-ring (bicyclic) bond motifs is 1. The third kappa shape index (κ3) is 5.55. The van der Waals surface area contributed by atoms with Crippen LogP contribution in [0.3, 0.4) is 0 Å². The summed E-state index contributed by atoms with van der Waals surface area (Å²) in [6.45, 7) is 2.92. The molecule has 210 valence electrons. The minimum atomic E-state index is -4.58. The van der Waals surface area contributed by atoms with Gasteiger partial charge in [0, 0.05) is 36.8 Å². The van der Waals surface area contributed by atoms with Crippen LogP contribution >= 0.6 is 0 Å². The number of nitrogens with zero attached hydrogens (tertiary/aromatic N) is 5. The predicted octanol–water partition coefficient (Wildman–Crippen LogP) is 4.78. The van der Waals surface area contributed by atoms with Gasteiger partial charge < -0.3 is 19.4 Å². The first-order valence-corrected chi connectivity index (χ1v) is 13.0. The molecular weight excluding hydrogens is 537 g/mol. The van der Waals surface area contributed by atoms with Crippen LogP contribution in [-0.2, 0) is 22.1 Å². The molecule has 41 heavy (non-hydrogen) atoms. The summed E-state index contributed by atoms with van der Waals surface area (Å²) in [5.41, 5.74) is 2.58. The molecule has 2 aromatic heterocycles. The second kappa shape index (κ2) is 10.8. The van der Waals surface area contributed by atoms with E-state index < -0.39 is 17.9 Å². The first kappa shape index (κ1) is 26.6. The number of aliphatic imine (C=N–C) groups is 1. The van der Waals surface area contributed by atoms with Gasteiger partial charge in [-0.25, -0.2) is 4.98 Å². The van der Waals surface area contributed by atoms with E-state index in [9.17, 15) is 18.0 Å². The van der Waals surface area contributed by atoms with E-state index in [0.717, 1.165) is 29.0 Å². The second-order valence-electron chi connectivity index (χ2n) is 9.82. The van der Waals surface area contributed by atoms with Crippen molar-refractivity contribution in [3.63, 3.8) is 0 Å². The number of ether oxygens (including phenoxy) is 1. The molecule has 0 radical (unpaired) electrons. The molecular formula is C29H25F3N6O3. The molecule has 0 amide bonds. The van der Waals surface area contributed by atoms with E-state index in [0.29, 0.717) is 25.4 Å². The quantitative estimate of drug-likeness (QED) is 0.371. The van der Waals surface area contributed by atoms with Crippen LogP contribution in [0.2, 0.25) is 0 Å². The van der Waals surface area contributed by atoms with E-state index in [4.69, 9.17) is 14.1 Å². The lowest BCUT2D eigenvalue weighted by atomic mass is 9.96. The van der Waals surface area contributed by atoms with Gasteiger partial charge in [-0.3, -0.25) is 9.79 Å². The van der Waals surface area contributed by atoms with Crippen LogP contribution in [-0.4, -0.2) is 58.6 Å². The number of ketones is 1. The number of carbonyl (C=O) groups excluding carboxylic acids is 1. The van der Waals surface area contributed by atoms with Gasteiger partial charge in [0.25, 0.3) is 5.89 Å². The van der Waals surface area contributed by atoms with Crippen molar-refractivity contribution in [2.24, 2.45) is 4.99 Å². The Bertz CT molecular complexity index is 1600. The minimum Gasteiger partial charge on any atom is -0.402 e. The molecule has 4 aromatic rings. The molecule has 1 saturated heterocycles. The van der Waals surface area contributed by atoms with E-state index in [1.165, 1.54) is 0 Å². The molecule has 0 unspecified atom stereocenters. The number of pyridine rings is 1. The number of carbonyl (C=O) groups is 1. The number of hydrogen-bond acceptors (Lipinski definition) is 9. The van der Waals surface area contributed by atoms with Crippen LogP contribution in [0.25, 0.3) is 11.6 Å². The van der Waals surface area contributed by atoms with Gasteiger partial charge in [0.15, 0.2) is 17.6 Å². The van der Waals surface area contributed by atoms with Crippen molar-refractivity contribution in [2.75, 3.05) is 29.9 Å². The van der Waals surface area contributed by atoms with Gasteiger partial charge in [-0.1, -0.05) is 59.7 Å². The molecule has 0 aliphatic carbocycles. The maximum Gasteiger partial charge on any atom is 0.417 e. The van der Waals surface area contributed by atoms with Gasteiger partial charge in [-0.05, 0) is 18.6 Å². The number of aromatic nitrogens is 3. The average molecular weight is 563 g/mol. The van der Waals surface area contributed by atoms with Crippen LogP contribution < -0.4 is 10.2 Å². The highest BCUT2D eigenvalue weighted by Gasteiger charge is 2.34. The van der Waals surface area contributed by atoms with E-state index in [1.54, 1.807) is 4.90 Å². The van der Waals surface area contributed by atoms with E-state index in [-0.39, 0.29) is 41.6 Å². The van der Waals surface area contributed by atoms with Crippen molar-refractivity contribution in [2.45, 2.75) is 31.8 Å². The first-order chi connectivity index (χ1) is 19.8. The standard InChI is InChI=1S/C29H25F3N6O3/c1-17-16-38(11-12-40-17)22-14-20(29(30,31)32)15-33-25(22)27-36-37-28(41-27)35-26-23(39)13-19-9-5-6-10-21(19)24(34-26)18-7-3-2-4-8-18/h2-10,14-15,17,26H,11-13,16H2,1H3,(H,35,37)/t17-,26+/m0/s1. The molecule has 1 fully saturated rings. The fourth-order valence-corrected chi connectivity index (χ4v) is 4.94. The SMILES string of the molecule is C[C@H]1CN(c2cc(C(F)(F)F)cnc2-c2nnc(N[C@H]3N=C(c4ccccc4)c4ccccc4CC3=O)o2)CCO1. The van der Waals surface area contributed by atoms with Gasteiger partial charge in [-0.15, -0.1) is 5.10 Å². The Balaban J connectivity index is 1.34. The van der Waals surface area contributed by atoms with Gasteiger partial charge in [0.05, 0.1) is 29.7 Å². The summed E-state index contributed by atoms with van der Waals surface area (Å²) in [5, 5.41) is 11.0. The molecule has 0 saturated carbocycles. The maximum absolute atomic E-state index is 13.5. The van der Waals surface area contributed by atoms with Crippen molar-refractivity contribution in [1.82, 2.24) is 15.2 Å². The van der Waals surface area contributed by atoms with Crippen molar-refractivity contribution in [3.05, 3.63) is 89.1 Å². The topological polar surface area (TPSA) is 106 Å². The lowest BCUT2D eigenvalue weighted by molar-refractivity contribution is -0.137. The molecule has 12 heteroatoms. The van der Waals surface area contributed by atoms with E-state index in [1.807, 2.05) is 61.5 Å². The first-order valence-electron chi connectivity index (χ1n) is 13.0. The van der Waals surface area contributed by atoms with Crippen molar-refractivity contribution in [1.29, 1.82) is 0 Å². The summed E-state index contributed by atoms with van der Waals surface area (Å²) in [6.07, 6.45) is -4.93. The van der Waals surface area contributed by atoms with Crippen LogP contribution in [0.15, 0.2) is 76.3 Å². The molecule has 0 bridgehead atoms. The van der Waals surface area contributed by atoms with Gasteiger partial charge in [-0.2, -0.15) is 13.2 Å². The summed E-state index contributed by atoms with van der Waals surface area (Å²) in [4.78, 5) is 23.8. The number of anilines is 2. The Morgan fingerprint density at radius 3 is 2.61 bits per heavy atom. The van der Waals surface area contributed by atoms with Crippen LogP contribution in [0.1, 0.15) is 29.2 Å². The Morgan fingerprint density at radius 1 is 1.05 bits per heavy atom. The van der Waals surface area contributed by atoms with Crippen molar-refractivity contribution in [3.8, 4) is 11.6 Å². The smallest absolute Gasteiger partial charge is 0.402 e. The summed E-state index contributed by atoms with van der Waals surface area (Å²) in [7, 11) is 0. The zero-order chi connectivity index (χ0) is 28.6. The number of halogens is 3.